The standard InChI is InChI=1S/C13H10F23N3Si/c14-3(15,1-2-40(37,38)39)4(16,17)5(18,19)6(20,21)7(22,23)8(24,25)9(26,27)10(28,29)11(30,31)12(32,33)13(34,35)36/h1-2,37-39H2. The number of hydrogen-bond acceptors (Lipinski definition) is 3. The average molecular weight is 673 g/mol. The number of rotatable bonds is 12. The van der Waals surface area contributed by atoms with E-state index in [1.165, 1.54) is 0 Å². The second kappa shape index (κ2) is 9.50. The molecule has 0 saturated carbocycles. The molecular formula is C13H10F23N3Si. The lowest BCUT2D eigenvalue weighted by molar-refractivity contribution is -0.478. The second-order valence-corrected chi connectivity index (χ2v) is 10.7. The molecule has 0 radical (unpaired) electrons. The fraction of sp³-hybridized carbons (Fsp3) is 1.00. The quantitative estimate of drug-likeness (QED) is 0.173. The van der Waals surface area contributed by atoms with Crippen molar-refractivity contribution in [3.8, 4) is 0 Å². The van der Waals surface area contributed by atoms with Crippen LogP contribution in [0.25, 0.3) is 0 Å². The first kappa shape index (κ1) is 38.5. The maximum Gasteiger partial charge on any atom is 0.460 e. The van der Waals surface area contributed by atoms with Crippen LogP contribution in [0.5, 0.6) is 0 Å². The van der Waals surface area contributed by atoms with Crippen molar-refractivity contribution in [2.75, 3.05) is 0 Å². The van der Waals surface area contributed by atoms with Gasteiger partial charge in [-0.2, -0.15) is 101 Å². The van der Waals surface area contributed by atoms with Crippen LogP contribution in [0.15, 0.2) is 0 Å². The van der Waals surface area contributed by atoms with E-state index in [0.717, 1.165) is 0 Å². The number of halogens is 23. The van der Waals surface area contributed by atoms with Crippen LogP contribution in [0.1, 0.15) is 6.42 Å². The maximum absolute atomic E-state index is 13.7. The molecule has 0 amide bonds. The molecule has 0 fully saturated rings. The van der Waals surface area contributed by atoms with Crippen molar-refractivity contribution in [2.24, 2.45) is 16.2 Å². The van der Waals surface area contributed by atoms with Gasteiger partial charge in [0.05, 0.1) is 0 Å². The lowest BCUT2D eigenvalue weighted by Gasteiger charge is -2.45. The summed E-state index contributed by atoms with van der Waals surface area (Å²) in [6.07, 6.45) is -11.0. The van der Waals surface area contributed by atoms with Crippen LogP contribution >= 0.6 is 0 Å². The molecule has 27 heteroatoms. The molecule has 0 aliphatic carbocycles. The monoisotopic (exact) mass is 673 g/mol. The molecule has 0 rings (SSSR count). The third kappa shape index (κ3) is 5.04. The van der Waals surface area contributed by atoms with Gasteiger partial charge < -0.3 is 16.2 Å². The highest BCUT2D eigenvalue weighted by atomic mass is 28.4. The van der Waals surface area contributed by atoms with Crippen LogP contribution in [0, 0.1) is 0 Å². The highest BCUT2D eigenvalue weighted by Gasteiger charge is 2.98. The van der Waals surface area contributed by atoms with E-state index in [4.69, 9.17) is 16.2 Å². The van der Waals surface area contributed by atoms with Gasteiger partial charge in [0, 0.05) is 6.42 Å². The normalized spacial score (nSPS) is 16.9. The summed E-state index contributed by atoms with van der Waals surface area (Å²) in [5.41, 5.74) is 0. The minimum atomic E-state index is -9.42. The summed E-state index contributed by atoms with van der Waals surface area (Å²) < 4.78 is 305. The summed E-state index contributed by atoms with van der Waals surface area (Å²) in [6.45, 7) is 0. The van der Waals surface area contributed by atoms with E-state index in [2.05, 4.69) is 0 Å². The lowest BCUT2D eigenvalue weighted by atomic mass is 9.85. The zero-order chi connectivity index (χ0) is 33.4. The van der Waals surface area contributed by atoms with Crippen LogP contribution in [0.4, 0.5) is 101 Å². The molecule has 40 heavy (non-hydrogen) atoms. The summed E-state index contributed by atoms with van der Waals surface area (Å²) >= 11 is 0. The summed E-state index contributed by atoms with van der Waals surface area (Å²) in [4.78, 5) is 0. The average Bonchev–Trinajstić information content (AvgIpc) is 2.69. The summed E-state index contributed by atoms with van der Waals surface area (Å²) in [7, 11) is -4.52. The van der Waals surface area contributed by atoms with Crippen LogP contribution < -0.4 is 16.2 Å². The summed E-state index contributed by atoms with van der Waals surface area (Å²) in [6, 6.07) is -1.88. The predicted octanol–water partition coefficient (Wildman–Crippen LogP) is 6.11. The Labute approximate surface area is 205 Å². The molecule has 0 saturated heterocycles. The number of alkyl halides is 23. The van der Waals surface area contributed by atoms with Gasteiger partial charge in [0.2, 0.25) is 0 Å². The largest absolute Gasteiger partial charge is 0.460 e. The molecule has 0 bridgehead atoms. The SMILES string of the molecule is N[Si](N)(N)CCC(F)(F)C(F)(F)C(F)(F)C(F)(F)C(F)(F)C(F)(F)C(F)(F)C(F)(F)C(F)(F)C(F)(F)C(F)(F)F. The summed E-state index contributed by atoms with van der Waals surface area (Å²) in [5, 5.41) is 14.1. The van der Waals surface area contributed by atoms with Gasteiger partial charge in [-0.15, -0.1) is 0 Å². The Morgan fingerprint density at radius 3 is 0.725 bits per heavy atom. The Morgan fingerprint density at radius 2 is 0.525 bits per heavy atom. The Hall–Kier alpha value is -1.51. The second-order valence-electron chi connectivity index (χ2n) is 7.98. The zero-order valence-corrected chi connectivity index (χ0v) is 18.8. The highest BCUT2D eigenvalue weighted by molar-refractivity contribution is 6.70. The fourth-order valence-electron chi connectivity index (χ4n) is 2.32. The van der Waals surface area contributed by atoms with Crippen molar-refractivity contribution in [1.82, 2.24) is 0 Å². The van der Waals surface area contributed by atoms with Crippen molar-refractivity contribution in [3.05, 3.63) is 0 Å². The molecule has 0 atom stereocenters. The Morgan fingerprint density at radius 1 is 0.325 bits per heavy atom. The van der Waals surface area contributed by atoms with Gasteiger partial charge in [-0.05, 0) is 6.04 Å². The minimum absolute atomic E-state index is 1.88. The van der Waals surface area contributed by atoms with Crippen LogP contribution in [-0.2, 0) is 0 Å². The van der Waals surface area contributed by atoms with Gasteiger partial charge in [0.1, 0.15) is 0 Å². The molecule has 242 valence electrons. The predicted molar refractivity (Wildman–Crippen MR) is 83.3 cm³/mol. The maximum atomic E-state index is 13.7. The third-order valence-corrected chi connectivity index (χ3v) is 5.96. The van der Waals surface area contributed by atoms with E-state index >= 15 is 0 Å². The van der Waals surface area contributed by atoms with Crippen molar-refractivity contribution in [3.63, 3.8) is 0 Å². The van der Waals surface area contributed by atoms with Gasteiger partial charge in [-0.25, -0.2) is 0 Å². The smallest absolute Gasteiger partial charge is 0.327 e. The van der Waals surface area contributed by atoms with Crippen LogP contribution in [0.2, 0.25) is 6.04 Å². The Kier molecular flexibility index (Phi) is 9.14. The third-order valence-electron chi connectivity index (χ3n) is 4.84. The van der Waals surface area contributed by atoms with Crippen molar-refractivity contribution in [1.29, 1.82) is 0 Å². The van der Waals surface area contributed by atoms with E-state index in [0.29, 0.717) is 0 Å². The van der Waals surface area contributed by atoms with E-state index < -0.39 is 86.4 Å². The molecule has 0 aromatic rings. The number of hydrogen-bond donors (Lipinski definition) is 3. The van der Waals surface area contributed by atoms with Crippen LogP contribution in [-0.4, -0.2) is 74.0 Å². The van der Waals surface area contributed by atoms with Gasteiger partial charge in [-0.1, -0.05) is 0 Å². The molecule has 0 unspecified atom stereocenters. The van der Waals surface area contributed by atoms with Crippen molar-refractivity contribution >= 4 is 8.56 Å². The molecule has 3 nitrogen and oxygen atoms in total. The molecule has 0 aromatic carbocycles. The van der Waals surface area contributed by atoms with E-state index in [1.54, 1.807) is 0 Å². The van der Waals surface area contributed by atoms with Crippen molar-refractivity contribution in [2.45, 2.75) is 77.9 Å². The first-order chi connectivity index (χ1) is 16.7. The number of nitrogens with two attached hydrogens (primary N) is 3. The first-order valence-electron chi connectivity index (χ1n) is 8.92. The van der Waals surface area contributed by atoms with Crippen LogP contribution in [0.3, 0.4) is 0 Å². The highest BCUT2D eigenvalue weighted by Crippen LogP contribution is 2.67. The molecule has 6 N–H and O–H groups in total. The zero-order valence-electron chi connectivity index (χ0n) is 17.8. The Balaban J connectivity index is 7.11. The molecule has 0 aromatic heterocycles. The lowest BCUT2D eigenvalue weighted by Crippen LogP contribution is -2.77. The van der Waals surface area contributed by atoms with Gasteiger partial charge in [0.25, 0.3) is 8.56 Å². The van der Waals surface area contributed by atoms with Gasteiger partial charge >= 0.3 is 65.4 Å². The molecule has 0 aliphatic heterocycles. The molecular weight excluding hydrogens is 663 g/mol. The van der Waals surface area contributed by atoms with Crippen molar-refractivity contribution < 1.29 is 101 Å². The summed E-state index contributed by atoms with van der Waals surface area (Å²) in [5.74, 6) is -87.8. The van der Waals surface area contributed by atoms with E-state index in [1.807, 2.05) is 0 Å². The van der Waals surface area contributed by atoms with Gasteiger partial charge in [0.15, 0.2) is 0 Å². The minimum Gasteiger partial charge on any atom is -0.327 e. The molecule has 0 spiro atoms. The van der Waals surface area contributed by atoms with E-state index in [9.17, 15) is 101 Å². The molecule has 0 heterocycles. The molecule has 0 aliphatic rings. The Bertz CT molecular complexity index is 916. The van der Waals surface area contributed by atoms with E-state index in [-0.39, 0.29) is 0 Å². The first-order valence-corrected chi connectivity index (χ1v) is 11.4. The topological polar surface area (TPSA) is 78.1 Å². The fourth-order valence-corrected chi connectivity index (χ4v) is 3.07. The van der Waals surface area contributed by atoms with Gasteiger partial charge in [-0.3, -0.25) is 0 Å².